The molecule has 0 heterocycles. The summed E-state index contributed by atoms with van der Waals surface area (Å²) >= 11 is 5.97. The zero-order chi connectivity index (χ0) is 15.2. The molecule has 1 amide bonds. The fourth-order valence-electron chi connectivity index (χ4n) is 1.63. The first-order valence-corrected chi connectivity index (χ1v) is 7.15. The summed E-state index contributed by atoms with van der Waals surface area (Å²) in [6.07, 6.45) is 0.271. The van der Waals surface area contributed by atoms with Gasteiger partial charge in [0.15, 0.2) is 0 Å². The summed E-state index contributed by atoms with van der Waals surface area (Å²) < 4.78 is 5.49. The Morgan fingerprint density at radius 1 is 1.43 bits per heavy atom. The molecule has 0 saturated heterocycles. The molecule has 0 spiro atoms. The molecule has 0 bridgehead atoms. The number of ether oxygens (including phenoxy) is 1. The lowest BCUT2D eigenvalue weighted by atomic mass is 9.88. The molecule has 1 aromatic rings. The predicted molar refractivity (Wildman–Crippen MR) is 89.3 cm³/mol. The Labute approximate surface area is 137 Å². The Morgan fingerprint density at radius 2 is 2.05 bits per heavy atom. The van der Waals surface area contributed by atoms with E-state index >= 15 is 0 Å². The number of carbonyl (C=O) groups excluding carboxylic acids is 1. The van der Waals surface area contributed by atoms with Gasteiger partial charge < -0.3 is 15.8 Å². The Bertz CT molecular complexity index is 455. The Hall–Kier alpha value is -0.970. The summed E-state index contributed by atoms with van der Waals surface area (Å²) in [5.74, 6) is 0.784. The maximum Gasteiger partial charge on any atom is 0.223 e. The van der Waals surface area contributed by atoms with E-state index in [1.54, 1.807) is 12.1 Å². The van der Waals surface area contributed by atoms with Gasteiger partial charge in [-0.05, 0) is 25.0 Å². The van der Waals surface area contributed by atoms with Crippen LogP contribution in [0.25, 0.3) is 0 Å². The normalized spacial score (nSPS) is 13.2. The van der Waals surface area contributed by atoms with Crippen molar-refractivity contribution in [1.82, 2.24) is 5.32 Å². The standard InChI is InChI=1S/C15H23ClN2O2.ClH/c1-11(2)15(3,10-17)18-14(19)8-9-20-13-7-5-4-6-12(13)16;/h4-7,11H,8-10,17H2,1-3H3,(H,18,19);1H. The van der Waals surface area contributed by atoms with Crippen molar-refractivity contribution >= 4 is 29.9 Å². The molecule has 0 aliphatic rings. The van der Waals surface area contributed by atoms with Gasteiger partial charge in [0.05, 0.1) is 23.6 Å². The van der Waals surface area contributed by atoms with Crippen molar-refractivity contribution in [3.8, 4) is 5.75 Å². The molecule has 0 aliphatic carbocycles. The zero-order valence-corrected chi connectivity index (χ0v) is 14.3. The molecule has 0 aliphatic heterocycles. The van der Waals surface area contributed by atoms with Crippen LogP contribution in [0.2, 0.25) is 5.02 Å². The minimum absolute atomic E-state index is 0. The molecular formula is C15H24Cl2N2O2. The van der Waals surface area contributed by atoms with E-state index in [1.807, 2.05) is 32.9 Å². The van der Waals surface area contributed by atoms with Gasteiger partial charge in [0.2, 0.25) is 5.91 Å². The first-order chi connectivity index (χ1) is 9.39. The highest BCUT2D eigenvalue weighted by Crippen LogP contribution is 2.23. The quantitative estimate of drug-likeness (QED) is 0.805. The Kier molecular flexibility index (Phi) is 8.71. The molecule has 6 heteroatoms. The van der Waals surface area contributed by atoms with Gasteiger partial charge >= 0.3 is 0 Å². The highest BCUT2D eigenvalue weighted by Gasteiger charge is 2.28. The molecule has 3 N–H and O–H groups in total. The molecule has 1 unspecified atom stereocenters. The number of nitrogens with two attached hydrogens (primary N) is 1. The second-order valence-electron chi connectivity index (χ2n) is 5.35. The summed E-state index contributed by atoms with van der Waals surface area (Å²) in [5, 5.41) is 3.51. The molecule has 4 nitrogen and oxygen atoms in total. The largest absolute Gasteiger partial charge is 0.491 e. The van der Waals surface area contributed by atoms with E-state index in [0.717, 1.165) is 0 Å². The van der Waals surface area contributed by atoms with Gasteiger partial charge in [0.25, 0.3) is 0 Å². The van der Waals surface area contributed by atoms with Crippen LogP contribution in [0.4, 0.5) is 0 Å². The Balaban J connectivity index is 0.00000400. The molecule has 0 saturated carbocycles. The van der Waals surface area contributed by atoms with Crippen molar-refractivity contribution in [2.24, 2.45) is 11.7 Å². The van der Waals surface area contributed by atoms with E-state index < -0.39 is 0 Å². The van der Waals surface area contributed by atoms with Gasteiger partial charge in [-0.15, -0.1) is 12.4 Å². The van der Waals surface area contributed by atoms with Gasteiger partial charge in [0.1, 0.15) is 5.75 Å². The third-order valence-electron chi connectivity index (χ3n) is 3.55. The van der Waals surface area contributed by atoms with E-state index in [4.69, 9.17) is 22.1 Å². The zero-order valence-electron chi connectivity index (χ0n) is 12.7. The van der Waals surface area contributed by atoms with Gasteiger partial charge in [-0.2, -0.15) is 0 Å². The SMILES string of the molecule is CC(C)C(C)(CN)NC(=O)CCOc1ccccc1Cl.Cl. The average Bonchev–Trinajstić information content (AvgIpc) is 2.40. The maximum atomic E-state index is 11.9. The van der Waals surface area contributed by atoms with Crippen LogP contribution in [0.15, 0.2) is 24.3 Å². The van der Waals surface area contributed by atoms with Gasteiger partial charge in [0, 0.05) is 6.54 Å². The maximum absolute atomic E-state index is 11.9. The molecule has 120 valence electrons. The van der Waals surface area contributed by atoms with E-state index in [2.05, 4.69) is 5.32 Å². The second-order valence-corrected chi connectivity index (χ2v) is 5.76. The van der Waals surface area contributed by atoms with Crippen LogP contribution in [0, 0.1) is 5.92 Å². The van der Waals surface area contributed by atoms with E-state index in [-0.39, 0.29) is 42.8 Å². The van der Waals surface area contributed by atoms with Crippen molar-refractivity contribution in [3.05, 3.63) is 29.3 Å². The number of halogens is 2. The Morgan fingerprint density at radius 3 is 2.57 bits per heavy atom. The lowest BCUT2D eigenvalue weighted by Crippen LogP contribution is -2.55. The molecule has 1 rings (SSSR count). The lowest BCUT2D eigenvalue weighted by molar-refractivity contribution is -0.123. The number of hydrogen-bond donors (Lipinski definition) is 2. The molecule has 0 fully saturated rings. The highest BCUT2D eigenvalue weighted by atomic mass is 35.5. The lowest BCUT2D eigenvalue weighted by Gasteiger charge is -2.33. The third-order valence-corrected chi connectivity index (χ3v) is 3.86. The topological polar surface area (TPSA) is 64.3 Å². The van der Waals surface area contributed by atoms with Gasteiger partial charge in [-0.1, -0.05) is 37.6 Å². The van der Waals surface area contributed by atoms with Crippen LogP contribution in [0.5, 0.6) is 5.75 Å². The van der Waals surface area contributed by atoms with E-state index in [0.29, 0.717) is 17.3 Å². The summed E-state index contributed by atoms with van der Waals surface area (Å²) in [7, 11) is 0. The molecule has 21 heavy (non-hydrogen) atoms. The second kappa shape index (κ2) is 9.13. The minimum Gasteiger partial charge on any atom is -0.491 e. The van der Waals surface area contributed by atoms with Gasteiger partial charge in [-0.25, -0.2) is 0 Å². The molecule has 0 aromatic heterocycles. The third kappa shape index (κ3) is 6.12. The number of rotatable bonds is 7. The summed E-state index contributed by atoms with van der Waals surface area (Å²) in [6, 6.07) is 7.20. The number of para-hydroxylation sites is 1. The monoisotopic (exact) mass is 334 g/mol. The average molecular weight is 335 g/mol. The van der Waals surface area contributed by atoms with Crippen molar-refractivity contribution in [3.63, 3.8) is 0 Å². The number of hydrogen-bond acceptors (Lipinski definition) is 3. The predicted octanol–water partition coefficient (Wildman–Crippen LogP) is 3.02. The molecule has 1 atom stereocenters. The summed E-state index contributed by atoms with van der Waals surface area (Å²) in [4.78, 5) is 11.9. The smallest absolute Gasteiger partial charge is 0.223 e. The first-order valence-electron chi connectivity index (χ1n) is 6.77. The van der Waals surface area contributed by atoms with Crippen LogP contribution < -0.4 is 15.8 Å². The van der Waals surface area contributed by atoms with Crippen LogP contribution in [-0.4, -0.2) is 24.6 Å². The van der Waals surface area contributed by atoms with Crippen molar-refractivity contribution in [2.75, 3.05) is 13.2 Å². The van der Waals surface area contributed by atoms with Crippen molar-refractivity contribution < 1.29 is 9.53 Å². The molecule has 1 aromatic carbocycles. The molecule has 0 radical (unpaired) electrons. The van der Waals surface area contributed by atoms with E-state index in [9.17, 15) is 4.79 Å². The minimum atomic E-state index is -0.387. The van der Waals surface area contributed by atoms with Crippen LogP contribution in [-0.2, 0) is 4.79 Å². The van der Waals surface area contributed by atoms with Crippen molar-refractivity contribution in [1.29, 1.82) is 0 Å². The fraction of sp³-hybridized carbons (Fsp3) is 0.533. The number of carbonyl (C=O) groups is 1. The number of benzene rings is 1. The first kappa shape index (κ1) is 20.0. The van der Waals surface area contributed by atoms with Crippen LogP contribution in [0.3, 0.4) is 0 Å². The fourth-order valence-corrected chi connectivity index (χ4v) is 1.82. The van der Waals surface area contributed by atoms with Crippen LogP contribution >= 0.6 is 24.0 Å². The summed E-state index contributed by atoms with van der Waals surface area (Å²) in [5.41, 5.74) is 5.34. The highest BCUT2D eigenvalue weighted by molar-refractivity contribution is 6.32. The van der Waals surface area contributed by atoms with Gasteiger partial charge in [-0.3, -0.25) is 4.79 Å². The number of nitrogens with one attached hydrogen (secondary N) is 1. The summed E-state index contributed by atoms with van der Waals surface area (Å²) in [6.45, 7) is 6.71. The molecular weight excluding hydrogens is 311 g/mol. The van der Waals surface area contributed by atoms with Crippen molar-refractivity contribution in [2.45, 2.75) is 32.7 Å². The van der Waals surface area contributed by atoms with E-state index in [1.165, 1.54) is 0 Å². The number of amides is 1. The van der Waals surface area contributed by atoms with Crippen LogP contribution in [0.1, 0.15) is 27.2 Å².